The van der Waals surface area contributed by atoms with Crippen LogP contribution in [0.25, 0.3) is 11.0 Å². The predicted octanol–water partition coefficient (Wildman–Crippen LogP) is 3.23. The lowest BCUT2D eigenvalue weighted by atomic mass is 10.2. The van der Waals surface area contributed by atoms with E-state index >= 15 is 0 Å². The molecule has 0 saturated carbocycles. The van der Waals surface area contributed by atoms with Crippen LogP contribution in [0.2, 0.25) is 0 Å². The summed E-state index contributed by atoms with van der Waals surface area (Å²) in [5.41, 5.74) is 2.38. The molecule has 19 heavy (non-hydrogen) atoms. The summed E-state index contributed by atoms with van der Waals surface area (Å²) in [7, 11) is 0. The van der Waals surface area contributed by atoms with Gasteiger partial charge in [0.25, 0.3) is 0 Å². The lowest BCUT2D eigenvalue weighted by molar-refractivity contribution is 0.521. The summed E-state index contributed by atoms with van der Waals surface area (Å²) in [6.45, 7) is 9.78. The third-order valence-corrected chi connectivity index (χ3v) is 3.27. The van der Waals surface area contributed by atoms with Crippen molar-refractivity contribution < 1.29 is 0 Å². The first-order valence-corrected chi connectivity index (χ1v) is 7.37. The topological polar surface area (TPSA) is 29.9 Å². The Kier molecular flexibility index (Phi) is 4.97. The van der Waals surface area contributed by atoms with E-state index in [0.717, 1.165) is 38.0 Å². The number of aromatic nitrogens is 2. The van der Waals surface area contributed by atoms with Crippen LogP contribution in [0.15, 0.2) is 24.3 Å². The number of benzene rings is 1. The molecule has 0 saturated heterocycles. The standard InChI is InChI=1S/C16H25N3/c1-4-7-16-18-14-8-5-6-9-15(14)19(16)11-10-17-12-13(2)3/h5-6,8-9,13,17H,4,7,10-12H2,1-3H3. The van der Waals surface area contributed by atoms with Crippen LogP contribution in [0.5, 0.6) is 0 Å². The van der Waals surface area contributed by atoms with Crippen LogP contribution in [0, 0.1) is 5.92 Å². The molecule has 0 fully saturated rings. The summed E-state index contributed by atoms with van der Waals surface area (Å²) < 4.78 is 2.37. The van der Waals surface area contributed by atoms with Crippen LogP contribution in [0.4, 0.5) is 0 Å². The van der Waals surface area contributed by atoms with Gasteiger partial charge in [-0.3, -0.25) is 0 Å². The highest BCUT2D eigenvalue weighted by Gasteiger charge is 2.08. The van der Waals surface area contributed by atoms with Crippen LogP contribution < -0.4 is 5.32 Å². The third-order valence-electron chi connectivity index (χ3n) is 3.27. The number of aryl methyl sites for hydroxylation is 1. The van der Waals surface area contributed by atoms with Gasteiger partial charge in [-0.25, -0.2) is 4.98 Å². The highest BCUT2D eigenvalue weighted by Crippen LogP contribution is 2.16. The highest BCUT2D eigenvalue weighted by atomic mass is 15.1. The highest BCUT2D eigenvalue weighted by molar-refractivity contribution is 5.75. The fourth-order valence-electron chi connectivity index (χ4n) is 2.37. The third kappa shape index (κ3) is 3.57. The van der Waals surface area contributed by atoms with E-state index in [9.17, 15) is 0 Å². The lowest BCUT2D eigenvalue weighted by Gasteiger charge is -2.11. The van der Waals surface area contributed by atoms with E-state index in [0.29, 0.717) is 5.92 Å². The van der Waals surface area contributed by atoms with Crippen molar-refractivity contribution in [2.75, 3.05) is 13.1 Å². The van der Waals surface area contributed by atoms with E-state index < -0.39 is 0 Å². The first-order valence-electron chi connectivity index (χ1n) is 7.37. The van der Waals surface area contributed by atoms with Crippen molar-refractivity contribution in [3.05, 3.63) is 30.1 Å². The van der Waals surface area contributed by atoms with Gasteiger partial charge in [0.1, 0.15) is 5.82 Å². The average Bonchev–Trinajstić information content (AvgIpc) is 2.73. The molecule has 0 atom stereocenters. The minimum Gasteiger partial charge on any atom is -0.327 e. The zero-order chi connectivity index (χ0) is 13.7. The Labute approximate surface area is 116 Å². The normalized spacial score (nSPS) is 11.6. The van der Waals surface area contributed by atoms with Gasteiger partial charge in [-0.1, -0.05) is 32.9 Å². The van der Waals surface area contributed by atoms with Crippen molar-refractivity contribution in [2.24, 2.45) is 5.92 Å². The Morgan fingerprint density at radius 2 is 2.05 bits per heavy atom. The van der Waals surface area contributed by atoms with Gasteiger partial charge >= 0.3 is 0 Å². The zero-order valence-electron chi connectivity index (χ0n) is 12.3. The molecule has 0 aliphatic rings. The molecular formula is C16H25N3. The molecule has 0 aliphatic carbocycles. The first kappa shape index (κ1) is 14.1. The monoisotopic (exact) mass is 259 g/mol. The van der Waals surface area contributed by atoms with Crippen LogP contribution in [-0.2, 0) is 13.0 Å². The molecule has 104 valence electrons. The Balaban J connectivity index is 2.12. The lowest BCUT2D eigenvalue weighted by Crippen LogP contribution is -2.24. The Morgan fingerprint density at radius 1 is 1.26 bits per heavy atom. The second-order valence-corrected chi connectivity index (χ2v) is 5.52. The number of nitrogens with one attached hydrogen (secondary N) is 1. The second kappa shape index (κ2) is 6.71. The quantitative estimate of drug-likeness (QED) is 0.774. The van der Waals surface area contributed by atoms with Gasteiger partial charge in [0, 0.05) is 19.5 Å². The molecule has 2 rings (SSSR count). The maximum Gasteiger partial charge on any atom is 0.109 e. The molecule has 1 aromatic heterocycles. The number of hydrogen-bond acceptors (Lipinski definition) is 2. The number of rotatable bonds is 7. The van der Waals surface area contributed by atoms with Gasteiger partial charge in [0.15, 0.2) is 0 Å². The molecule has 0 radical (unpaired) electrons. The Morgan fingerprint density at radius 3 is 2.79 bits per heavy atom. The van der Waals surface area contributed by atoms with Crippen LogP contribution in [-0.4, -0.2) is 22.6 Å². The zero-order valence-corrected chi connectivity index (χ0v) is 12.3. The summed E-state index contributed by atoms with van der Waals surface area (Å²) in [5, 5.41) is 3.51. The van der Waals surface area contributed by atoms with Crippen molar-refractivity contribution >= 4 is 11.0 Å². The van der Waals surface area contributed by atoms with Crippen molar-refractivity contribution in [1.29, 1.82) is 0 Å². The molecule has 2 aromatic rings. The van der Waals surface area contributed by atoms with E-state index in [1.54, 1.807) is 0 Å². The minimum atomic E-state index is 0.703. The van der Waals surface area contributed by atoms with E-state index in [1.165, 1.54) is 11.3 Å². The van der Waals surface area contributed by atoms with Gasteiger partial charge in [-0.05, 0) is 31.0 Å². The van der Waals surface area contributed by atoms with Gasteiger partial charge in [-0.2, -0.15) is 0 Å². The fourth-order valence-corrected chi connectivity index (χ4v) is 2.37. The van der Waals surface area contributed by atoms with E-state index in [4.69, 9.17) is 4.98 Å². The molecule has 0 amide bonds. The summed E-state index contributed by atoms with van der Waals surface area (Å²) >= 11 is 0. The van der Waals surface area contributed by atoms with Crippen molar-refractivity contribution in [3.8, 4) is 0 Å². The molecule has 0 unspecified atom stereocenters. The summed E-state index contributed by atoms with van der Waals surface area (Å²) in [6, 6.07) is 8.43. The van der Waals surface area contributed by atoms with Crippen molar-refractivity contribution in [2.45, 2.75) is 40.2 Å². The number of fused-ring (bicyclic) bond motifs is 1. The Bertz CT molecular complexity index is 514. The van der Waals surface area contributed by atoms with Gasteiger partial charge in [0.05, 0.1) is 11.0 Å². The smallest absolute Gasteiger partial charge is 0.109 e. The SMILES string of the molecule is CCCc1nc2ccccc2n1CCNCC(C)C. The van der Waals surface area contributed by atoms with Crippen molar-refractivity contribution in [1.82, 2.24) is 14.9 Å². The number of imidazole rings is 1. The molecule has 1 N–H and O–H groups in total. The van der Waals surface area contributed by atoms with E-state index in [-0.39, 0.29) is 0 Å². The Hall–Kier alpha value is -1.35. The molecule has 3 heteroatoms. The maximum absolute atomic E-state index is 4.75. The molecule has 0 bridgehead atoms. The fraction of sp³-hybridized carbons (Fsp3) is 0.562. The van der Waals surface area contributed by atoms with Crippen LogP contribution >= 0.6 is 0 Å². The molecule has 0 aliphatic heterocycles. The second-order valence-electron chi connectivity index (χ2n) is 5.52. The summed E-state index contributed by atoms with van der Waals surface area (Å²) in [6.07, 6.45) is 2.20. The molecule has 1 heterocycles. The van der Waals surface area contributed by atoms with E-state index in [2.05, 4.69) is 54.9 Å². The molecular weight excluding hydrogens is 234 g/mol. The maximum atomic E-state index is 4.75. The van der Waals surface area contributed by atoms with Gasteiger partial charge in [0.2, 0.25) is 0 Å². The first-order chi connectivity index (χ1) is 9.22. The summed E-state index contributed by atoms with van der Waals surface area (Å²) in [4.78, 5) is 4.75. The molecule has 3 nitrogen and oxygen atoms in total. The number of hydrogen-bond donors (Lipinski definition) is 1. The van der Waals surface area contributed by atoms with Crippen LogP contribution in [0.3, 0.4) is 0 Å². The molecule has 0 spiro atoms. The largest absolute Gasteiger partial charge is 0.327 e. The van der Waals surface area contributed by atoms with Crippen molar-refractivity contribution in [3.63, 3.8) is 0 Å². The number of nitrogens with zero attached hydrogens (tertiary/aromatic N) is 2. The minimum absolute atomic E-state index is 0.703. The summed E-state index contributed by atoms with van der Waals surface area (Å²) in [5.74, 6) is 1.92. The average molecular weight is 259 g/mol. The van der Waals surface area contributed by atoms with Gasteiger partial charge < -0.3 is 9.88 Å². The van der Waals surface area contributed by atoms with Gasteiger partial charge in [-0.15, -0.1) is 0 Å². The van der Waals surface area contributed by atoms with Crippen LogP contribution in [0.1, 0.15) is 33.0 Å². The molecule has 1 aromatic carbocycles. The van der Waals surface area contributed by atoms with E-state index in [1.807, 2.05) is 0 Å². The number of para-hydroxylation sites is 2. The predicted molar refractivity (Wildman–Crippen MR) is 81.4 cm³/mol.